The van der Waals surface area contributed by atoms with Gasteiger partial charge in [0.2, 0.25) is 0 Å². The molecule has 0 saturated carbocycles. The summed E-state index contributed by atoms with van der Waals surface area (Å²) >= 11 is 0. The SMILES string of the molecule is C=CCCCCCCC1=CC2CCCC(C1)N2Cc1ccccc1. The lowest BCUT2D eigenvalue weighted by atomic mass is 9.83. The lowest BCUT2D eigenvalue weighted by Crippen LogP contribution is -2.47. The Hall–Kier alpha value is -1.34. The van der Waals surface area contributed by atoms with E-state index in [1.165, 1.54) is 69.8 Å². The largest absolute Gasteiger partial charge is 0.289 e. The standard InChI is InChI=1S/C23H33N/c1-2-3-4-5-6-8-14-21-17-22-15-11-16-23(18-21)24(22)19-20-12-9-7-10-13-20/h2,7,9-10,12-13,17,22-23H,1,3-6,8,11,14-16,18-19H2. The number of fused-ring (bicyclic) bond motifs is 2. The Bertz CT molecular complexity index is 530. The van der Waals surface area contributed by atoms with Gasteiger partial charge in [-0.15, -0.1) is 6.58 Å². The summed E-state index contributed by atoms with van der Waals surface area (Å²) in [6.45, 7) is 4.93. The highest BCUT2D eigenvalue weighted by molar-refractivity contribution is 5.20. The van der Waals surface area contributed by atoms with E-state index in [0.29, 0.717) is 6.04 Å². The maximum Gasteiger partial charge on any atom is 0.0287 e. The van der Waals surface area contributed by atoms with Crippen LogP contribution in [0.3, 0.4) is 0 Å². The van der Waals surface area contributed by atoms with Gasteiger partial charge in [0, 0.05) is 18.6 Å². The number of nitrogens with zero attached hydrogens (tertiary/aromatic N) is 1. The van der Waals surface area contributed by atoms with E-state index in [1.54, 1.807) is 5.57 Å². The topological polar surface area (TPSA) is 3.24 Å². The molecule has 1 aromatic carbocycles. The fourth-order valence-corrected chi connectivity index (χ4v) is 4.43. The fourth-order valence-electron chi connectivity index (χ4n) is 4.43. The third kappa shape index (κ3) is 4.83. The van der Waals surface area contributed by atoms with Crippen LogP contribution in [0.2, 0.25) is 0 Å². The molecular weight excluding hydrogens is 290 g/mol. The van der Waals surface area contributed by atoms with Crippen LogP contribution in [-0.2, 0) is 6.54 Å². The van der Waals surface area contributed by atoms with Crippen LogP contribution in [0.15, 0.2) is 54.6 Å². The van der Waals surface area contributed by atoms with Crippen LogP contribution in [-0.4, -0.2) is 17.0 Å². The van der Waals surface area contributed by atoms with Crippen LogP contribution in [0.25, 0.3) is 0 Å². The molecular formula is C23H33N. The molecule has 1 saturated heterocycles. The quantitative estimate of drug-likeness (QED) is 0.382. The zero-order valence-corrected chi connectivity index (χ0v) is 15.1. The van der Waals surface area contributed by atoms with Gasteiger partial charge in [-0.2, -0.15) is 0 Å². The van der Waals surface area contributed by atoms with E-state index in [9.17, 15) is 0 Å². The Morgan fingerprint density at radius 2 is 1.88 bits per heavy atom. The molecule has 2 heterocycles. The minimum Gasteiger partial charge on any atom is -0.289 e. The van der Waals surface area contributed by atoms with E-state index in [1.807, 2.05) is 6.08 Å². The summed E-state index contributed by atoms with van der Waals surface area (Å²) in [5.41, 5.74) is 3.21. The van der Waals surface area contributed by atoms with Gasteiger partial charge in [0.1, 0.15) is 0 Å². The molecule has 1 nitrogen and oxygen atoms in total. The number of allylic oxidation sites excluding steroid dienone is 1. The molecule has 3 rings (SSSR count). The van der Waals surface area contributed by atoms with Gasteiger partial charge in [0.05, 0.1) is 0 Å². The van der Waals surface area contributed by atoms with Crippen molar-refractivity contribution in [3.8, 4) is 0 Å². The fraction of sp³-hybridized carbons (Fsp3) is 0.565. The highest BCUT2D eigenvalue weighted by Crippen LogP contribution is 2.35. The van der Waals surface area contributed by atoms with Crippen molar-refractivity contribution in [2.24, 2.45) is 0 Å². The smallest absolute Gasteiger partial charge is 0.0287 e. The molecule has 0 N–H and O–H groups in total. The number of benzene rings is 1. The van der Waals surface area contributed by atoms with E-state index in [-0.39, 0.29) is 0 Å². The van der Waals surface area contributed by atoms with Gasteiger partial charge in [-0.3, -0.25) is 4.90 Å². The molecule has 0 aliphatic carbocycles. The lowest BCUT2D eigenvalue weighted by molar-refractivity contribution is 0.0876. The summed E-state index contributed by atoms with van der Waals surface area (Å²) in [5.74, 6) is 0. The second-order valence-corrected chi connectivity index (χ2v) is 7.58. The summed E-state index contributed by atoms with van der Waals surface area (Å²) in [4.78, 5) is 2.77. The summed E-state index contributed by atoms with van der Waals surface area (Å²) in [6.07, 6.45) is 18.1. The summed E-state index contributed by atoms with van der Waals surface area (Å²) in [7, 11) is 0. The van der Waals surface area contributed by atoms with E-state index >= 15 is 0 Å². The highest BCUT2D eigenvalue weighted by Gasteiger charge is 2.33. The van der Waals surface area contributed by atoms with Gasteiger partial charge in [0.25, 0.3) is 0 Å². The van der Waals surface area contributed by atoms with E-state index in [4.69, 9.17) is 0 Å². The molecule has 2 bridgehead atoms. The van der Waals surface area contributed by atoms with E-state index in [2.05, 4.69) is 47.9 Å². The zero-order chi connectivity index (χ0) is 16.6. The summed E-state index contributed by atoms with van der Waals surface area (Å²) < 4.78 is 0. The van der Waals surface area contributed by atoms with Crippen LogP contribution in [0.4, 0.5) is 0 Å². The number of unbranched alkanes of at least 4 members (excludes halogenated alkanes) is 4. The first-order chi connectivity index (χ1) is 11.9. The van der Waals surface area contributed by atoms with Crippen LogP contribution >= 0.6 is 0 Å². The second kappa shape index (κ2) is 9.22. The van der Waals surface area contributed by atoms with Crippen LogP contribution in [0.1, 0.15) is 69.8 Å². The van der Waals surface area contributed by atoms with Gasteiger partial charge >= 0.3 is 0 Å². The van der Waals surface area contributed by atoms with Crippen molar-refractivity contribution < 1.29 is 0 Å². The van der Waals surface area contributed by atoms with Crippen molar-refractivity contribution >= 4 is 0 Å². The Morgan fingerprint density at radius 3 is 2.67 bits per heavy atom. The summed E-state index contributed by atoms with van der Waals surface area (Å²) in [6, 6.07) is 12.5. The number of hydrogen-bond acceptors (Lipinski definition) is 1. The predicted octanol–water partition coefficient (Wildman–Crippen LogP) is 6.27. The minimum atomic E-state index is 0.688. The molecule has 0 radical (unpaired) electrons. The molecule has 0 aromatic heterocycles. The van der Waals surface area contributed by atoms with Crippen molar-refractivity contribution in [2.75, 3.05) is 0 Å². The molecule has 0 amide bonds. The molecule has 1 fully saturated rings. The Morgan fingerprint density at radius 1 is 1.04 bits per heavy atom. The van der Waals surface area contributed by atoms with Crippen molar-refractivity contribution in [1.29, 1.82) is 0 Å². The van der Waals surface area contributed by atoms with Crippen molar-refractivity contribution in [2.45, 2.75) is 82.8 Å². The van der Waals surface area contributed by atoms with Crippen molar-refractivity contribution in [1.82, 2.24) is 4.90 Å². The number of piperidine rings is 1. The first-order valence-corrected chi connectivity index (χ1v) is 9.97. The Kier molecular flexibility index (Phi) is 6.72. The minimum absolute atomic E-state index is 0.688. The average molecular weight is 324 g/mol. The average Bonchev–Trinajstić information content (AvgIpc) is 2.59. The van der Waals surface area contributed by atoms with Gasteiger partial charge < -0.3 is 0 Å². The van der Waals surface area contributed by atoms with Gasteiger partial charge in [0.15, 0.2) is 0 Å². The van der Waals surface area contributed by atoms with Crippen molar-refractivity contribution in [3.05, 3.63) is 60.2 Å². The van der Waals surface area contributed by atoms with Crippen LogP contribution in [0, 0.1) is 0 Å². The van der Waals surface area contributed by atoms with E-state index in [0.717, 1.165) is 12.6 Å². The monoisotopic (exact) mass is 323 g/mol. The third-order valence-electron chi connectivity index (χ3n) is 5.72. The predicted molar refractivity (Wildman–Crippen MR) is 104 cm³/mol. The Labute approximate surface area is 148 Å². The second-order valence-electron chi connectivity index (χ2n) is 7.58. The molecule has 2 atom stereocenters. The molecule has 2 unspecified atom stereocenters. The molecule has 24 heavy (non-hydrogen) atoms. The molecule has 130 valence electrons. The van der Waals surface area contributed by atoms with Gasteiger partial charge in [-0.05, 0) is 50.5 Å². The molecule has 1 aromatic rings. The van der Waals surface area contributed by atoms with Crippen LogP contribution in [0.5, 0.6) is 0 Å². The third-order valence-corrected chi connectivity index (χ3v) is 5.72. The molecule has 2 aliphatic heterocycles. The molecule has 0 spiro atoms. The first kappa shape index (κ1) is 17.5. The molecule has 2 aliphatic rings. The van der Waals surface area contributed by atoms with Gasteiger partial charge in [-0.25, -0.2) is 0 Å². The maximum absolute atomic E-state index is 3.81. The normalized spacial score (nSPS) is 23.8. The first-order valence-electron chi connectivity index (χ1n) is 9.97. The van der Waals surface area contributed by atoms with Crippen LogP contribution < -0.4 is 0 Å². The molecule has 1 heteroatoms. The van der Waals surface area contributed by atoms with Crippen molar-refractivity contribution in [3.63, 3.8) is 0 Å². The van der Waals surface area contributed by atoms with E-state index < -0.39 is 0 Å². The number of hydrogen-bond donors (Lipinski definition) is 0. The summed E-state index contributed by atoms with van der Waals surface area (Å²) in [5, 5.41) is 0. The maximum atomic E-state index is 3.81. The highest BCUT2D eigenvalue weighted by atomic mass is 15.2. The Balaban J connectivity index is 1.51. The number of rotatable bonds is 9. The zero-order valence-electron chi connectivity index (χ0n) is 15.1. The van der Waals surface area contributed by atoms with Gasteiger partial charge in [-0.1, -0.05) is 67.3 Å². The lowest BCUT2D eigenvalue weighted by Gasteiger charge is -2.45.